The Morgan fingerprint density at radius 3 is 2.15 bits per heavy atom. The van der Waals surface area contributed by atoms with Gasteiger partial charge in [-0.1, -0.05) is 30.3 Å². The largest absolute Gasteiger partial charge is 0.573 e. The van der Waals surface area contributed by atoms with Gasteiger partial charge in [0, 0.05) is 11.9 Å². The normalized spacial score (nSPS) is 11.6. The summed E-state index contributed by atoms with van der Waals surface area (Å²) in [5, 5.41) is 20.2. The van der Waals surface area contributed by atoms with Gasteiger partial charge in [0.25, 0.3) is 0 Å². The number of pyridine rings is 1. The number of anilines is 1. The lowest BCUT2D eigenvalue weighted by Crippen LogP contribution is -2.48. The summed E-state index contributed by atoms with van der Waals surface area (Å²) in [6.07, 6.45) is -3.77. The maximum Gasteiger partial charge on any atom is 0.573 e. The standard InChI is InChI=1S/C22H18F5N5O2/c23-21(24,13-30-20(33)31-16-4-2-1-3-5-16)19(29)32-12-15(8-11-18(32)28)14-6-9-17(10-7-14)34-22(25,26)27/h1-12,28-29H,13H2,(H2,30,31,33). The Labute approximate surface area is 189 Å². The SMILES string of the molecule is N=C(n1cc(-c2ccc(OC(F)(F)F)cc2)ccc1=N)C(F)(F)CNC(=O)Nc1ccccc1. The summed E-state index contributed by atoms with van der Waals surface area (Å²) < 4.78 is 70.6. The third-order valence-electron chi connectivity index (χ3n) is 4.46. The Balaban J connectivity index is 1.73. The Kier molecular flexibility index (Phi) is 6.99. The van der Waals surface area contributed by atoms with Gasteiger partial charge in [0.2, 0.25) is 0 Å². The van der Waals surface area contributed by atoms with Crippen molar-refractivity contribution in [3.05, 3.63) is 78.4 Å². The van der Waals surface area contributed by atoms with Gasteiger partial charge in [-0.3, -0.25) is 15.4 Å². The van der Waals surface area contributed by atoms with Gasteiger partial charge in [-0.05, 0) is 47.5 Å². The van der Waals surface area contributed by atoms with E-state index in [1.807, 2.05) is 5.32 Å². The first kappa shape index (κ1) is 24.4. The second-order valence-corrected chi connectivity index (χ2v) is 6.97. The van der Waals surface area contributed by atoms with Crippen molar-refractivity contribution < 1.29 is 31.5 Å². The summed E-state index contributed by atoms with van der Waals surface area (Å²) in [5.74, 6) is -5.56. The van der Waals surface area contributed by atoms with Crippen LogP contribution >= 0.6 is 0 Å². The van der Waals surface area contributed by atoms with Crippen LogP contribution in [-0.4, -0.2) is 35.3 Å². The van der Waals surface area contributed by atoms with Gasteiger partial charge in [0.15, 0.2) is 5.84 Å². The molecule has 0 radical (unpaired) electrons. The molecule has 3 rings (SSSR count). The average Bonchev–Trinajstić information content (AvgIpc) is 2.78. The van der Waals surface area contributed by atoms with Crippen LogP contribution in [0.2, 0.25) is 0 Å². The van der Waals surface area contributed by atoms with Crippen molar-refractivity contribution in [1.82, 2.24) is 9.88 Å². The summed E-state index contributed by atoms with van der Waals surface area (Å²) in [6, 6.07) is 14.5. The molecule has 1 heterocycles. The fourth-order valence-corrected chi connectivity index (χ4v) is 2.85. The number of benzene rings is 2. The zero-order valence-corrected chi connectivity index (χ0v) is 17.3. The Morgan fingerprint density at radius 1 is 0.912 bits per heavy atom. The first-order valence-corrected chi connectivity index (χ1v) is 9.65. The summed E-state index contributed by atoms with van der Waals surface area (Å²) in [5.41, 5.74) is 0.574. The molecule has 1 aromatic heterocycles. The van der Waals surface area contributed by atoms with E-state index in [4.69, 9.17) is 10.8 Å². The number of rotatable bonds is 6. The zero-order valence-electron chi connectivity index (χ0n) is 17.3. The molecule has 0 saturated carbocycles. The number of halogens is 5. The van der Waals surface area contributed by atoms with Crippen LogP contribution in [0, 0.1) is 10.8 Å². The van der Waals surface area contributed by atoms with Crippen LogP contribution in [-0.2, 0) is 0 Å². The number of carbonyl (C=O) groups excluding carboxylic acids is 1. The molecule has 178 valence electrons. The summed E-state index contributed by atoms with van der Waals surface area (Å²) in [4.78, 5) is 11.9. The molecule has 2 aromatic carbocycles. The molecule has 0 unspecified atom stereocenters. The van der Waals surface area contributed by atoms with Crippen LogP contribution in [0.3, 0.4) is 0 Å². The maximum atomic E-state index is 14.6. The number of alkyl halides is 5. The van der Waals surface area contributed by atoms with Gasteiger partial charge in [0.1, 0.15) is 11.2 Å². The Morgan fingerprint density at radius 2 is 1.53 bits per heavy atom. The third-order valence-corrected chi connectivity index (χ3v) is 4.46. The van der Waals surface area contributed by atoms with E-state index in [0.717, 1.165) is 24.4 Å². The Bertz CT molecular complexity index is 1220. The molecular formula is C22H18F5N5O2. The molecule has 0 saturated heterocycles. The van der Waals surface area contributed by atoms with Crippen LogP contribution in [0.25, 0.3) is 11.1 Å². The fourth-order valence-electron chi connectivity index (χ4n) is 2.85. The highest BCUT2D eigenvalue weighted by molar-refractivity contribution is 5.92. The lowest BCUT2D eigenvalue weighted by Gasteiger charge is -2.20. The number of nitrogens with zero attached hydrogens (tertiary/aromatic N) is 1. The molecule has 0 bridgehead atoms. The quantitative estimate of drug-likeness (QED) is 0.232. The molecule has 0 fully saturated rings. The number of carbonyl (C=O) groups is 1. The van der Waals surface area contributed by atoms with Crippen LogP contribution in [0.4, 0.5) is 32.4 Å². The number of para-hydroxylation sites is 1. The van der Waals surface area contributed by atoms with Gasteiger partial charge < -0.3 is 15.4 Å². The van der Waals surface area contributed by atoms with Gasteiger partial charge in [0.05, 0.1) is 6.54 Å². The molecular weight excluding hydrogens is 461 g/mol. The van der Waals surface area contributed by atoms with E-state index in [-0.39, 0.29) is 5.56 Å². The average molecular weight is 479 g/mol. The molecule has 0 spiro atoms. The molecule has 2 amide bonds. The molecule has 0 aliphatic rings. The van der Waals surface area contributed by atoms with E-state index in [0.29, 0.717) is 15.8 Å². The van der Waals surface area contributed by atoms with Gasteiger partial charge in [-0.15, -0.1) is 13.2 Å². The molecule has 34 heavy (non-hydrogen) atoms. The lowest BCUT2D eigenvalue weighted by molar-refractivity contribution is -0.274. The van der Waals surface area contributed by atoms with Crippen LogP contribution < -0.4 is 20.9 Å². The van der Waals surface area contributed by atoms with E-state index in [1.54, 1.807) is 30.3 Å². The number of amides is 2. The second-order valence-electron chi connectivity index (χ2n) is 6.97. The topological polar surface area (TPSA) is 103 Å². The molecule has 7 nitrogen and oxygen atoms in total. The number of urea groups is 1. The lowest BCUT2D eigenvalue weighted by atomic mass is 10.1. The van der Waals surface area contributed by atoms with Crippen LogP contribution in [0.15, 0.2) is 72.9 Å². The maximum absolute atomic E-state index is 14.6. The van der Waals surface area contributed by atoms with Crippen molar-refractivity contribution in [2.24, 2.45) is 0 Å². The first-order valence-electron chi connectivity index (χ1n) is 9.65. The molecule has 0 aliphatic heterocycles. The number of aromatic nitrogens is 1. The predicted molar refractivity (Wildman–Crippen MR) is 114 cm³/mol. The number of hydrogen-bond donors (Lipinski definition) is 4. The first-order chi connectivity index (χ1) is 15.9. The summed E-state index contributed by atoms with van der Waals surface area (Å²) in [6.45, 7) is -1.20. The van der Waals surface area contributed by atoms with Crippen LogP contribution in [0.1, 0.15) is 0 Å². The van der Waals surface area contributed by atoms with Crippen molar-refractivity contribution in [1.29, 1.82) is 10.8 Å². The number of hydrogen-bond acceptors (Lipinski definition) is 4. The summed E-state index contributed by atoms with van der Waals surface area (Å²) in [7, 11) is 0. The second kappa shape index (κ2) is 9.73. The van der Waals surface area contributed by atoms with Crippen molar-refractivity contribution in [3.63, 3.8) is 0 Å². The predicted octanol–water partition coefficient (Wildman–Crippen LogP) is 4.82. The van der Waals surface area contributed by atoms with Crippen molar-refractivity contribution in [3.8, 4) is 16.9 Å². The van der Waals surface area contributed by atoms with E-state index in [1.165, 1.54) is 18.2 Å². The van der Waals surface area contributed by atoms with E-state index in [2.05, 4.69) is 10.1 Å². The highest BCUT2D eigenvalue weighted by Gasteiger charge is 2.37. The van der Waals surface area contributed by atoms with Crippen molar-refractivity contribution in [2.45, 2.75) is 12.3 Å². The smallest absolute Gasteiger partial charge is 0.406 e. The molecule has 0 atom stereocenters. The minimum absolute atomic E-state index is 0.268. The molecule has 12 heteroatoms. The number of ether oxygens (including phenoxy) is 1. The van der Waals surface area contributed by atoms with Crippen molar-refractivity contribution in [2.75, 3.05) is 11.9 Å². The minimum atomic E-state index is -4.86. The highest BCUT2D eigenvalue weighted by atomic mass is 19.4. The van der Waals surface area contributed by atoms with E-state index in [9.17, 15) is 26.7 Å². The third kappa shape index (κ3) is 6.40. The highest BCUT2D eigenvalue weighted by Crippen LogP contribution is 2.26. The number of nitrogens with one attached hydrogen (secondary N) is 4. The van der Waals surface area contributed by atoms with Gasteiger partial charge in [-0.2, -0.15) is 8.78 Å². The Hall–Kier alpha value is -4.22. The molecule has 3 aromatic rings. The zero-order chi connectivity index (χ0) is 24.9. The van der Waals surface area contributed by atoms with Crippen molar-refractivity contribution >= 4 is 17.6 Å². The molecule has 0 aliphatic carbocycles. The minimum Gasteiger partial charge on any atom is -0.406 e. The van der Waals surface area contributed by atoms with Gasteiger partial charge >= 0.3 is 18.3 Å². The monoisotopic (exact) mass is 479 g/mol. The van der Waals surface area contributed by atoms with E-state index < -0.39 is 41.9 Å². The fraction of sp³-hybridized carbons (Fsp3) is 0.136. The summed E-state index contributed by atoms with van der Waals surface area (Å²) >= 11 is 0. The van der Waals surface area contributed by atoms with Gasteiger partial charge in [-0.25, -0.2) is 4.79 Å². The molecule has 4 N–H and O–H groups in total. The van der Waals surface area contributed by atoms with E-state index >= 15 is 0 Å². The van der Waals surface area contributed by atoms with Crippen LogP contribution in [0.5, 0.6) is 5.75 Å².